The zero-order chi connectivity index (χ0) is 20.1. The molecule has 146 valence electrons. The average molecular weight is 386 g/mol. The first-order chi connectivity index (χ1) is 14.3. The van der Waals surface area contributed by atoms with E-state index in [1.54, 1.807) is 12.4 Å². The molecule has 0 aliphatic carbocycles. The van der Waals surface area contributed by atoms with E-state index in [2.05, 4.69) is 4.98 Å². The molecule has 0 spiro atoms. The lowest BCUT2D eigenvalue weighted by atomic mass is 9.98. The molecule has 1 aliphatic rings. The zero-order valence-electron chi connectivity index (χ0n) is 16.0. The molecule has 2 heterocycles. The summed E-state index contributed by atoms with van der Waals surface area (Å²) in [4.78, 5) is 21.5. The van der Waals surface area contributed by atoms with Crippen molar-refractivity contribution in [1.29, 1.82) is 0 Å². The molecule has 1 N–H and O–H groups in total. The Labute approximate surface area is 169 Å². The third-order valence-electron chi connectivity index (χ3n) is 4.94. The number of aromatic nitrogens is 1. The fourth-order valence-electron chi connectivity index (χ4n) is 3.34. The van der Waals surface area contributed by atoms with Gasteiger partial charge in [0.2, 0.25) is 0 Å². The Hall–Kier alpha value is -3.31. The highest BCUT2D eigenvalue weighted by Crippen LogP contribution is 2.30. The van der Waals surface area contributed by atoms with Gasteiger partial charge in [0, 0.05) is 41.5 Å². The smallest absolute Gasteiger partial charge is 0.162 e. The van der Waals surface area contributed by atoms with Gasteiger partial charge in [0.05, 0.1) is 17.6 Å². The molecule has 0 bridgehead atoms. The van der Waals surface area contributed by atoms with Crippen molar-refractivity contribution < 1.29 is 14.6 Å². The van der Waals surface area contributed by atoms with E-state index >= 15 is 0 Å². The molecule has 2 aromatic carbocycles. The molecular weight excluding hydrogens is 364 g/mol. The van der Waals surface area contributed by atoms with Gasteiger partial charge in [0.25, 0.3) is 0 Å². The molecule has 0 saturated heterocycles. The Balaban J connectivity index is 1.71. The number of aliphatic hydroxyl groups excluding tert-OH is 1. The van der Waals surface area contributed by atoms with Crippen LogP contribution in [-0.4, -0.2) is 28.2 Å². The maximum Gasteiger partial charge on any atom is 0.162 e. The lowest BCUT2D eigenvalue weighted by molar-refractivity contribution is 0.0977. The second-order valence-electron chi connectivity index (χ2n) is 6.93. The first kappa shape index (κ1) is 19.0. The fraction of sp³-hybridized carbons (Fsp3) is 0.208. The summed E-state index contributed by atoms with van der Waals surface area (Å²) < 4.78 is 6.01. The standard InChI is InChI=1S/C24H22N2O3/c27-14-4-3-7-22(28)17-8-10-18(11-9-17)24-20-12-13-25-15-23(20)29-16-19-5-1-2-6-21(19)26-24/h1-2,5-6,8-13,15,27H,3-4,7,14,16H2. The van der Waals surface area contributed by atoms with Gasteiger partial charge in [-0.3, -0.25) is 9.78 Å². The van der Waals surface area contributed by atoms with Gasteiger partial charge >= 0.3 is 0 Å². The van der Waals surface area contributed by atoms with Crippen molar-refractivity contribution in [2.24, 2.45) is 4.99 Å². The summed E-state index contributed by atoms with van der Waals surface area (Å²) in [5.41, 5.74) is 5.11. The molecular formula is C24H22N2O3. The van der Waals surface area contributed by atoms with Crippen molar-refractivity contribution >= 4 is 17.2 Å². The van der Waals surface area contributed by atoms with Gasteiger partial charge in [-0.1, -0.05) is 42.5 Å². The van der Waals surface area contributed by atoms with Crippen LogP contribution in [0, 0.1) is 0 Å². The van der Waals surface area contributed by atoms with Crippen molar-refractivity contribution in [2.75, 3.05) is 6.61 Å². The molecule has 4 rings (SSSR count). The summed E-state index contributed by atoms with van der Waals surface area (Å²) in [6.45, 7) is 0.552. The zero-order valence-corrected chi connectivity index (χ0v) is 16.0. The first-order valence-corrected chi connectivity index (χ1v) is 9.74. The van der Waals surface area contributed by atoms with Crippen LogP contribution in [0.3, 0.4) is 0 Å². The summed E-state index contributed by atoms with van der Waals surface area (Å²) >= 11 is 0. The van der Waals surface area contributed by atoms with Crippen LogP contribution >= 0.6 is 0 Å². The van der Waals surface area contributed by atoms with Crippen LogP contribution in [-0.2, 0) is 6.61 Å². The third kappa shape index (κ3) is 4.25. The molecule has 5 nitrogen and oxygen atoms in total. The lowest BCUT2D eigenvalue weighted by Gasteiger charge is -2.18. The van der Waals surface area contributed by atoms with Gasteiger partial charge in [-0.15, -0.1) is 0 Å². The van der Waals surface area contributed by atoms with Gasteiger partial charge in [-0.25, -0.2) is 4.99 Å². The van der Waals surface area contributed by atoms with Crippen molar-refractivity contribution in [3.63, 3.8) is 0 Å². The summed E-state index contributed by atoms with van der Waals surface area (Å²) in [7, 11) is 0. The molecule has 0 unspecified atom stereocenters. The second-order valence-corrected chi connectivity index (χ2v) is 6.93. The number of carbonyl (C=O) groups excluding carboxylic acids is 1. The van der Waals surface area contributed by atoms with E-state index in [1.165, 1.54) is 0 Å². The molecule has 0 radical (unpaired) electrons. The number of fused-ring (bicyclic) bond motifs is 2. The Morgan fingerprint density at radius 2 is 1.86 bits per heavy atom. The van der Waals surface area contributed by atoms with Crippen molar-refractivity contribution in [2.45, 2.75) is 25.9 Å². The fourth-order valence-corrected chi connectivity index (χ4v) is 3.34. The van der Waals surface area contributed by atoms with E-state index in [-0.39, 0.29) is 12.4 Å². The number of rotatable bonds is 6. The Morgan fingerprint density at radius 3 is 2.69 bits per heavy atom. The molecule has 1 aliphatic heterocycles. The number of ketones is 1. The highest BCUT2D eigenvalue weighted by atomic mass is 16.5. The number of aliphatic imine (C=N–C) groups is 1. The largest absolute Gasteiger partial charge is 0.486 e. The second kappa shape index (κ2) is 8.80. The number of aliphatic hydroxyl groups is 1. The summed E-state index contributed by atoms with van der Waals surface area (Å²) in [6, 6.07) is 17.3. The number of Topliss-reactive ketones (excluding diaryl/α,β-unsaturated/α-hetero) is 1. The maximum atomic E-state index is 12.3. The van der Waals surface area contributed by atoms with Gasteiger partial charge in [-0.05, 0) is 25.0 Å². The maximum absolute atomic E-state index is 12.3. The number of nitrogens with zero attached hydrogens (tertiary/aromatic N) is 2. The third-order valence-corrected chi connectivity index (χ3v) is 4.94. The molecule has 0 atom stereocenters. The average Bonchev–Trinajstić information content (AvgIpc) is 2.76. The van der Waals surface area contributed by atoms with Crippen molar-refractivity contribution in [1.82, 2.24) is 4.98 Å². The van der Waals surface area contributed by atoms with Crippen LogP contribution in [0.2, 0.25) is 0 Å². The van der Waals surface area contributed by atoms with Gasteiger partial charge < -0.3 is 9.84 Å². The van der Waals surface area contributed by atoms with Crippen molar-refractivity contribution in [3.05, 3.63) is 89.2 Å². The Bertz CT molecular complexity index is 1040. The van der Waals surface area contributed by atoms with Crippen LogP contribution in [0.4, 0.5) is 5.69 Å². The predicted octanol–water partition coefficient (Wildman–Crippen LogP) is 4.49. The van der Waals surface area contributed by atoms with Crippen LogP contribution in [0.25, 0.3) is 0 Å². The minimum absolute atomic E-state index is 0.0860. The minimum atomic E-state index is 0.0860. The molecule has 1 aromatic heterocycles. The van der Waals surface area contributed by atoms with E-state index in [4.69, 9.17) is 14.8 Å². The van der Waals surface area contributed by atoms with Gasteiger partial charge in [-0.2, -0.15) is 0 Å². The highest BCUT2D eigenvalue weighted by molar-refractivity contribution is 6.15. The molecule has 3 aromatic rings. The van der Waals surface area contributed by atoms with Gasteiger partial charge in [0.1, 0.15) is 12.4 Å². The summed E-state index contributed by atoms with van der Waals surface area (Å²) in [5, 5.41) is 8.88. The SMILES string of the molecule is O=C(CCCCO)c1ccc(C2=Nc3ccccc3COc3cnccc32)cc1. The number of para-hydroxylation sites is 1. The van der Waals surface area contributed by atoms with Crippen LogP contribution in [0.5, 0.6) is 5.75 Å². The number of carbonyl (C=O) groups is 1. The van der Waals surface area contributed by atoms with E-state index < -0.39 is 0 Å². The Morgan fingerprint density at radius 1 is 1.03 bits per heavy atom. The predicted molar refractivity (Wildman–Crippen MR) is 112 cm³/mol. The number of ether oxygens (including phenoxy) is 1. The van der Waals surface area contributed by atoms with Crippen LogP contribution in [0.1, 0.15) is 46.3 Å². The number of benzene rings is 2. The summed E-state index contributed by atoms with van der Waals surface area (Å²) in [6.07, 6.45) is 5.21. The quantitative estimate of drug-likeness (QED) is 0.500. The first-order valence-electron chi connectivity index (χ1n) is 9.74. The Kier molecular flexibility index (Phi) is 5.77. The van der Waals surface area contributed by atoms with Crippen LogP contribution in [0.15, 0.2) is 72.0 Å². The van der Waals surface area contributed by atoms with E-state index in [0.29, 0.717) is 37.2 Å². The lowest BCUT2D eigenvalue weighted by Crippen LogP contribution is -2.10. The molecule has 0 saturated carbocycles. The van der Waals surface area contributed by atoms with Gasteiger partial charge in [0.15, 0.2) is 5.78 Å². The molecule has 5 heteroatoms. The monoisotopic (exact) mass is 386 g/mol. The van der Waals surface area contributed by atoms with Crippen LogP contribution < -0.4 is 4.74 Å². The van der Waals surface area contributed by atoms with E-state index in [0.717, 1.165) is 28.1 Å². The minimum Gasteiger partial charge on any atom is -0.486 e. The van der Waals surface area contributed by atoms with E-state index in [9.17, 15) is 4.79 Å². The number of unbranched alkanes of at least 4 members (excludes halogenated alkanes) is 1. The highest BCUT2D eigenvalue weighted by Gasteiger charge is 2.18. The topological polar surface area (TPSA) is 71.8 Å². The normalized spacial score (nSPS) is 12.7. The molecule has 29 heavy (non-hydrogen) atoms. The van der Waals surface area contributed by atoms with Crippen molar-refractivity contribution in [3.8, 4) is 5.75 Å². The number of hydrogen-bond acceptors (Lipinski definition) is 5. The molecule has 0 amide bonds. The van der Waals surface area contributed by atoms with E-state index in [1.807, 2.05) is 54.6 Å². The number of hydrogen-bond donors (Lipinski definition) is 1. The molecule has 0 fully saturated rings. The number of pyridine rings is 1. The summed E-state index contributed by atoms with van der Waals surface area (Å²) in [5.74, 6) is 0.771.